The van der Waals surface area contributed by atoms with E-state index in [9.17, 15) is 19.8 Å². The zero-order valence-electron chi connectivity index (χ0n) is 10.7. The predicted octanol–water partition coefficient (Wildman–Crippen LogP) is 3.71. The van der Waals surface area contributed by atoms with Crippen LogP contribution in [0.5, 0.6) is 11.5 Å². The van der Waals surface area contributed by atoms with E-state index in [1.165, 1.54) is 18.2 Å². The van der Waals surface area contributed by atoms with Gasteiger partial charge in [0.25, 0.3) is 0 Å². The van der Waals surface area contributed by atoms with Crippen LogP contribution in [-0.4, -0.2) is 21.8 Å². The average Bonchev–Trinajstić information content (AvgIpc) is 2.46. The van der Waals surface area contributed by atoms with Gasteiger partial charge in [0, 0.05) is 10.0 Å². The van der Waals surface area contributed by atoms with Crippen LogP contribution in [0, 0.1) is 6.92 Å². The molecule has 3 rings (SSSR count). The second kappa shape index (κ2) is 4.68. The number of phenolic OH excluding ortho intramolecular Hbond substituents is 2. The fourth-order valence-corrected chi connectivity index (χ4v) is 3.70. The first-order chi connectivity index (χ1) is 9.86. The fourth-order valence-electron chi connectivity index (χ4n) is 2.46. The normalized spacial score (nSPS) is 13.1. The first-order valence-electron chi connectivity index (χ1n) is 5.98. The summed E-state index contributed by atoms with van der Waals surface area (Å²) in [4.78, 5) is 25.2. The highest BCUT2D eigenvalue weighted by molar-refractivity contribution is 9.11. The molecule has 2 aromatic carbocycles. The van der Waals surface area contributed by atoms with Crippen molar-refractivity contribution < 1.29 is 19.8 Å². The Bertz CT molecular complexity index is 840. The predicted molar refractivity (Wildman–Crippen MR) is 83.2 cm³/mol. The van der Waals surface area contributed by atoms with Gasteiger partial charge in [0.1, 0.15) is 11.5 Å². The summed E-state index contributed by atoms with van der Waals surface area (Å²) in [5.41, 5.74) is 0.702. The highest BCUT2D eigenvalue weighted by Gasteiger charge is 2.37. The van der Waals surface area contributed by atoms with Crippen molar-refractivity contribution in [3.8, 4) is 11.5 Å². The van der Waals surface area contributed by atoms with Crippen LogP contribution in [0.25, 0.3) is 0 Å². The Morgan fingerprint density at radius 3 is 2.24 bits per heavy atom. The van der Waals surface area contributed by atoms with Gasteiger partial charge in [0.15, 0.2) is 5.78 Å². The summed E-state index contributed by atoms with van der Waals surface area (Å²) < 4.78 is 0.794. The van der Waals surface area contributed by atoms with Crippen LogP contribution in [0.2, 0.25) is 0 Å². The Hall–Kier alpha value is -1.66. The highest BCUT2D eigenvalue weighted by atomic mass is 79.9. The molecule has 0 atom stereocenters. The molecule has 0 aliphatic heterocycles. The molecule has 0 saturated heterocycles. The molecule has 1 aliphatic carbocycles. The topological polar surface area (TPSA) is 74.6 Å². The number of carbonyl (C=O) groups is 2. The average molecular weight is 412 g/mol. The number of benzene rings is 2. The molecule has 106 valence electrons. The van der Waals surface area contributed by atoms with Gasteiger partial charge in [-0.2, -0.15) is 0 Å². The van der Waals surface area contributed by atoms with Crippen molar-refractivity contribution in [2.75, 3.05) is 0 Å². The molecule has 21 heavy (non-hydrogen) atoms. The van der Waals surface area contributed by atoms with Crippen LogP contribution < -0.4 is 0 Å². The molecule has 0 aromatic heterocycles. The van der Waals surface area contributed by atoms with Crippen molar-refractivity contribution in [1.82, 2.24) is 0 Å². The smallest absolute Gasteiger partial charge is 0.202 e. The van der Waals surface area contributed by atoms with E-state index in [1.54, 1.807) is 6.92 Å². The number of aromatic hydroxyl groups is 2. The molecule has 0 bridgehead atoms. The maximum atomic E-state index is 12.6. The lowest BCUT2D eigenvalue weighted by Gasteiger charge is -2.22. The largest absolute Gasteiger partial charge is 0.507 e. The molecule has 0 amide bonds. The Morgan fingerprint density at radius 1 is 0.905 bits per heavy atom. The molecule has 1 aliphatic rings. The summed E-state index contributed by atoms with van der Waals surface area (Å²) >= 11 is 6.52. The summed E-state index contributed by atoms with van der Waals surface area (Å²) in [5, 5.41) is 20.1. The van der Waals surface area contributed by atoms with Gasteiger partial charge in [-0.05, 0) is 50.4 Å². The lowest BCUT2D eigenvalue weighted by Crippen LogP contribution is -2.22. The van der Waals surface area contributed by atoms with Gasteiger partial charge in [0.05, 0.1) is 21.2 Å². The molecule has 0 fully saturated rings. The van der Waals surface area contributed by atoms with Crippen molar-refractivity contribution in [2.24, 2.45) is 0 Å². The van der Waals surface area contributed by atoms with E-state index >= 15 is 0 Å². The molecule has 6 heteroatoms. The SMILES string of the molecule is Cc1c(Br)c(O)c2c(c1Br)C(=O)c1cccc(O)c1C2=O. The first-order valence-corrected chi connectivity index (χ1v) is 7.56. The number of hydrogen-bond acceptors (Lipinski definition) is 4. The van der Waals surface area contributed by atoms with Crippen LogP contribution >= 0.6 is 31.9 Å². The van der Waals surface area contributed by atoms with E-state index in [1.807, 2.05) is 0 Å². The molecule has 0 radical (unpaired) electrons. The molecule has 0 heterocycles. The molecule has 0 unspecified atom stereocenters. The quantitative estimate of drug-likeness (QED) is 0.591. The van der Waals surface area contributed by atoms with Gasteiger partial charge < -0.3 is 10.2 Å². The standard InChI is InChI=1S/C15H8Br2O4/c1-5-11(16)9-10(15(21)12(5)17)14(20)8-6(13(9)19)3-2-4-7(8)18/h2-4,18,21H,1H3. The third-order valence-corrected chi connectivity index (χ3v) is 5.50. The molecule has 2 N–H and O–H groups in total. The molecule has 2 aromatic rings. The monoisotopic (exact) mass is 410 g/mol. The first kappa shape index (κ1) is 14.3. The van der Waals surface area contributed by atoms with Crippen molar-refractivity contribution in [2.45, 2.75) is 6.92 Å². The van der Waals surface area contributed by atoms with E-state index in [0.717, 1.165) is 0 Å². The summed E-state index contributed by atoms with van der Waals surface area (Å²) in [6.45, 7) is 1.71. The van der Waals surface area contributed by atoms with Crippen LogP contribution in [0.15, 0.2) is 27.1 Å². The number of halogens is 2. The number of rotatable bonds is 0. The van der Waals surface area contributed by atoms with Crippen LogP contribution in [0.1, 0.15) is 37.4 Å². The summed E-state index contributed by atoms with van der Waals surface area (Å²) in [6.07, 6.45) is 0. The van der Waals surface area contributed by atoms with E-state index < -0.39 is 11.6 Å². The number of ketones is 2. The van der Waals surface area contributed by atoms with E-state index in [2.05, 4.69) is 31.9 Å². The summed E-state index contributed by atoms with van der Waals surface area (Å²) in [6, 6.07) is 4.33. The minimum absolute atomic E-state index is 0.0760. The van der Waals surface area contributed by atoms with E-state index in [0.29, 0.717) is 14.5 Å². The van der Waals surface area contributed by atoms with Gasteiger partial charge in [-0.3, -0.25) is 9.59 Å². The van der Waals surface area contributed by atoms with E-state index in [4.69, 9.17) is 0 Å². The van der Waals surface area contributed by atoms with Gasteiger partial charge in [-0.15, -0.1) is 0 Å². The second-order valence-electron chi connectivity index (χ2n) is 4.71. The minimum Gasteiger partial charge on any atom is -0.507 e. The lowest BCUT2D eigenvalue weighted by atomic mass is 9.82. The highest BCUT2D eigenvalue weighted by Crippen LogP contribution is 2.45. The molecule has 4 nitrogen and oxygen atoms in total. The number of fused-ring (bicyclic) bond motifs is 2. The Kier molecular flexibility index (Phi) is 3.18. The second-order valence-corrected chi connectivity index (χ2v) is 6.30. The van der Waals surface area contributed by atoms with Gasteiger partial charge >= 0.3 is 0 Å². The number of carbonyl (C=O) groups excluding carboxylic acids is 2. The van der Waals surface area contributed by atoms with Crippen molar-refractivity contribution in [3.63, 3.8) is 0 Å². The Labute approximate surface area is 136 Å². The summed E-state index contributed by atoms with van der Waals surface area (Å²) in [7, 11) is 0. The van der Waals surface area contributed by atoms with Crippen molar-refractivity contribution >= 4 is 43.4 Å². The lowest BCUT2D eigenvalue weighted by molar-refractivity contribution is 0.0973. The Morgan fingerprint density at radius 2 is 1.57 bits per heavy atom. The fraction of sp³-hybridized carbons (Fsp3) is 0.0667. The van der Waals surface area contributed by atoms with Crippen LogP contribution in [0.3, 0.4) is 0 Å². The van der Waals surface area contributed by atoms with Crippen molar-refractivity contribution in [3.05, 3.63) is 55.0 Å². The van der Waals surface area contributed by atoms with Crippen LogP contribution in [0.4, 0.5) is 0 Å². The molecular weight excluding hydrogens is 404 g/mol. The van der Waals surface area contributed by atoms with Gasteiger partial charge in [0.2, 0.25) is 5.78 Å². The summed E-state index contributed by atoms with van der Waals surface area (Å²) in [5.74, 6) is -1.55. The molecule has 0 spiro atoms. The third kappa shape index (κ3) is 1.79. The minimum atomic E-state index is -0.573. The molecular formula is C15H8Br2O4. The third-order valence-electron chi connectivity index (χ3n) is 3.54. The number of phenols is 2. The van der Waals surface area contributed by atoms with Gasteiger partial charge in [-0.25, -0.2) is 0 Å². The maximum Gasteiger partial charge on any atom is 0.202 e. The maximum absolute atomic E-state index is 12.6. The Balaban J connectivity index is 2.47. The van der Waals surface area contributed by atoms with Crippen LogP contribution in [-0.2, 0) is 0 Å². The van der Waals surface area contributed by atoms with E-state index in [-0.39, 0.29) is 33.8 Å². The zero-order valence-corrected chi connectivity index (χ0v) is 13.9. The number of hydrogen-bond donors (Lipinski definition) is 2. The molecule has 0 saturated carbocycles. The van der Waals surface area contributed by atoms with Crippen molar-refractivity contribution in [1.29, 1.82) is 0 Å². The zero-order chi connectivity index (χ0) is 15.5. The van der Waals surface area contributed by atoms with Gasteiger partial charge in [-0.1, -0.05) is 12.1 Å².